The smallest absolute Gasteiger partial charge is 0.153 e. The van der Waals surface area contributed by atoms with Crippen LogP contribution in [0.1, 0.15) is 4.88 Å². The van der Waals surface area contributed by atoms with Crippen LogP contribution in [0.4, 0.5) is 5.82 Å². The Morgan fingerprint density at radius 2 is 2.30 bits per heavy atom. The molecule has 2 heterocycles. The highest BCUT2D eigenvalue weighted by Gasteiger charge is 2.08. The predicted octanol–water partition coefficient (Wildman–Crippen LogP) is 2.83. The van der Waals surface area contributed by atoms with E-state index in [2.05, 4.69) is 32.4 Å². The molecule has 6 heteroatoms. The van der Waals surface area contributed by atoms with Gasteiger partial charge in [0.15, 0.2) is 5.17 Å². The topological polar surface area (TPSA) is 54.5 Å². The number of rotatable bonds is 6. The van der Waals surface area contributed by atoms with Gasteiger partial charge in [0.05, 0.1) is 13.1 Å². The first kappa shape index (κ1) is 14.9. The van der Waals surface area contributed by atoms with Crippen LogP contribution in [-0.2, 0) is 6.54 Å². The highest BCUT2D eigenvalue weighted by atomic mass is 32.2. The Morgan fingerprint density at radius 1 is 1.40 bits per heavy atom. The molecular formula is C14H18N4S2. The maximum absolute atomic E-state index is 5.71. The Morgan fingerprint density at radius 3 is 2.95 bits per heavy atom. The van der Waals surface area contributed by atoms with Crippen molar-refractivity contribution < 1.29 is 0 Å². The molecule has 0 saturated heterocycles. The van der Waals surface area contributed by atoms with E-state index in [-0.39, 0.29) is 0 Å². The van der Waals surface area contributed by atoms with Crippen LogP contribution in [0.25, 0.3) is 0 Å². The highest BCUT2D eigenvalue weighted by Crippen LogP contribution is 2.17. The number of aromatic nitrogens is 1. The van der Waals surface area contributed by atoms with Gasteiger partial charge in [-0.1, -0.05) is 23.9 Å². The van der Waals surface area contributed by atoms with E-state index in [1.54, 1.807) is 11.3 Å². The summed E-state index contributed by atoms with van der Waals surface area (Å²) in [5.74, 6) is 0.971. The molecule has 0 amide bonds. The third-order valence-electron chi connectivity index (χ3n) is 2.75. The van der Waals surface area contributed by atoms with Crippen LogP contribution in [-0.4, -0.2) is 29.5 Å². The van der Waals surface area contributed by atoms with E-state index in [9.17, 15) is 0 Å². The summed E-state index contributed by atoms with van der Waals surface area (Å²) in [4.78, 5) is 12.3. The zero-order valence-corrected chi connectivity index (χ0v) is 13.0. The quantitative estimate of drug-likeness (QED) is 0.658. The van der Waals surface area contributed by atoms with Gasteiger partial charge < -0.3 is 10.6 Å². The van der Waals surface area contributed by atoms with Crippen LogP contribution < -0.4 is 10.6 Å². The van der Waals surface area contributed by atoms with Crippen molar-refractivity contribution in [1.29, 1.82) is 0 Å². The lowest BCUT2D eigenvalue weighted by Crippen LogP contribution is -2.26. The summed E-state index contributed by atoms with van der Waals surface area (Å²) in [5, 5.41) is 2.72. The summed E-state index contributed by atoms with van der Waals surface area (Å²) >= 11 is 3.23. The van der Waals surface area contributed by atoms with Crippen molar-refractivity contribution in [3.63, 3.8) is 0 Å². The van der Waals surface area contributed by atoms with E-state index in [0.717, 1.165) is 18.9 Å². The average Bonchev–Trinajstić information content (AvgIpc) is 3.00. The molecule has 0 unspecified atom stereocenters. The Bertz CT molecular complexity index is 525. The van der Waals surface area contributed by atoms with Crippen molar-refractivity contribution in [1.82, 2.24) is 4.98 Å². The van der Waals surface area contributed by atoms with E-state index in [4.69, 9.17) is 5.73 Å². The van der Waals surface area contributed by atoms with Crippen molar-refractivity contribution in [3.8, 4) is 0 Å². The molecule has 0 fully saturated rings. The zero-order valence-electron chi connectivity index (χ0n) is 11.4. The number of aliphatic imine (C=N–C) groups is 1. The standard InChI is InChI=1S/C14H18N4S2/c1-19-14(15)17-8-9-18(11-12-5-4-10-20-12)13-6-2-3-7-16-13/h2-7,10H,8-9,11H2,1H3,(H2,15,17). The molecule has 0 aliphatic rings. The fraction of sp³-hybridized carbons (Fsp3) is 0.286. The van der Waals surface area contributed by atoms with Gasteiger partial charge in [0.2, 0.25) is 0 Å². The molecule has 0 radical (unpaired) electrons. The predicted molar refractivity (Wildman–Crippen MR) is 89.6 cm³/mol. The van der Waals surface area contributed by atoms with Gasteiger partial charge in [0.1, 0.15) is 5.82 Å². The van der Waals surface area contributed by atoms with Gasteiger partial charge in [-0.25, -0.2) is 4.98 Å². The Hall–Kier alpha value is -1.53. The van der Waals surface area contributed by atoms with E-state index < -0.39 is 0 Å². The lowest BCUT2D eigenvalue weighted by atomic mass is 10.3. The molecule has 2 aromatic heterocycles. The number of pyridine rings is 1. The van der Waals surface area contributed by atoms with Crippen LogP contribution in [0, 0.1) is 0 Å². The largest absolute Gasteiger partial charge is 0.379 e. The summed E-state index contributed by atoms with van der Waals surface area (Å²) in [6.07, 6.45) is 3.75. The number of nitrogens with two attached hydrogens (primary N) is 1. The maximum atomic E-state index is 5.71. The van der Waals surface area contributed by atoms with Crippen molar-refractivity contribution in [2.45, 2.75) is 6.54 Å². The van der Waals surface area contributed by atoms with E-state index in [1.165, 1.54) is 16.6 Å². The Kier molecular flexibility index (Phi) is 5.88. The minimum absolute atomic E-state index is 0.627. The molecule has 0 aliphatic heterocycles. The number of hydrogen-bond donors (Lipinski definition) is 1. The fourth-order valence-electron chi connectivity index (χ4n) is 1.75. The van der Waals surface area contributed by atoms with Gasteiger partial charge in [-0.2, -0.15) is 0 Å². The van der Waals surface area contributed by atoms with Gasteiger partial charge in [-0.15, -0.1) is 11.3 Å². The van der Waals surface area contributed by atoms with Crippen molar-refractivity contribution >= 4 is 34.1 Å². The van der Waals surface area contributed by atoms with Crippen LogP contribution in [0.2, 0.25) is 0 Å². The zero-order chi connectivity index (χ0) is 14.2. The Labute approximate surface area is 127 Å². The molecule has 106 valence electrons. The lowest BCUT2D eigenvalue weighted by Gasteiger charge is -2.22. The SMILES string of the molecule is CSC(N)=NCCN(Cc1cccs1)c1ccccn1. The van der Waals surface area contributed by atoms with Gasteiger partial charge in [0.25, 0.3) is 0 Å². The second-order valence-electron chi connectivity index (χ2n) is 4.11. The fourth-order valence-corrected chi connectivity index (χ4v) is 2.69. The molecule has 0 aliphatic carbocycles. The highest BCUT2D eigenvalue weighted by molar-refractivity contribution is 8.13. The normalized spacial score (nSPS) is 11.6. The number of nitrogens with zero attached hydrogens (tertiary/aromatic N) is 3. The molecule has 2 N–H and O–H groups in total. The summed E-state index contributed by atoms with van der Waals surface area (Å²) in [6, 6.07) is 10.2. The first-order valence-electron chi connectivity index (χ1n) is 6.32. The minimum atomic E-state index is 0.627. The van der Waals surface area contributed by atoms with Crippen LogP contribution in [0.5, 0.6) is 0 Å². The minimum Gasteiger partial charge on any atom is -0.379 e. The molecule has 0 bridgehead atoms. The van der Waals surface area contributed by atoms with E-state index >= 15 is 0 Å². The average molecular weight is 306 g/mol. The molecule has 0 spiro atoms. The summed E-state index contributed by atoms with van der Waals surface area (Å²) < 4.78 is 0. The molecule has 2 rings (SSSR count). The number of hydrogen-bond acceptors (Lipinski definition) is 5. The van der Waals surface area contributed by atoms with Crippen LogP contribution in [0.15, 0.2) is 46.9 Å². The molecule has 0 aromatic carbocycles. The van der Waals surface area contributed by atoms with Crippen LogP contribution in [0.3, 0.4) is 0 Å². The second kappa shape index (κ2) is 7.91. The van der Waals surface area contributed by atoms with Crippen molar-refractivity contribution in [2.75, 3.05) is 24.2 Å². The third-order valence-corrected chi connectivity index (χ3v) is 4.16. The molecular weight excluding hydrogens is 288 g/mol. The lowest BCUT2D eigenvalue weighted by molar-refractivity contribution is 0.784. The summed E-state index contributed by atoms with van der Waals surface area (Å²) in [6.45, 7) is 2.33. The molecule has 2 aromatic rings. The number of thioether (sulfide) groups is 1. The molecule has 20 heavy (non-hydrogen) atoms. The number of thiophene rings is 1. The molecule has 4 nitrogen and oxygen atoms in total. The van der Waals surface area contributed by atoms with Gasteiger partial charge >= 0.3 is 0 Å². The first-order chi connectivity index (χ1) is 9.79. The monoisotopic (exact) mass is 306 g/mol. The first-order valence-corrected chi connectivity index (χ1v) is 8.42. The van der Waals surface area contributed by atoms with E-state index in [1.807, 2.05) is 30.7 Å². The Balaban J connectivity index is 2.04. The number of amidine groups is 1. The third kappa shape index (κ3) is 4.54. The maximum Gasteiger partial charge on any atom is 0.153 e. The van der Waals surface area contributed by atoms with Gasteiger partial charge in [-0.05, 0) is 29.8 Å². The summed E-state index contributed by atoms with van der Waals surface area (Å²) in [7, 11) is 0. The van der Waals surface area contributed by atoms with Crippen LogP contribution >= 0.6 is 23.1 Å². The van der Waals surface area contributed by atoms with Gasteiger partial charge in [0, 0.05) is 17.6 Å². The van der Waals surface area contributed by atoms with Crippen molar-refractivity contribution in [2.24, 2.45) is 10.7 Å². The number of anilines is 1. The van der Waals surface area contributed by atoms with Gasteiger partial charge in [-0.3, -0.25) is 4.99 Å². The van der Waals surface area contributed by atoms with E-state index in [0.29, 0.717) is 11.7 Å². The summed E-state index contributed by atoms with van der Waals surface area (Å²) in [5.41, 5.74) is 5.71. The second-order valence-corrected chi connectivity index (χ2v) is 5.97. The molecule has 0 atom stereocenters. The molecule has 0 saturated carbocycles. The van der Waals surface area contributed by atoms with Crippen molar-refractivity contribution in [3.05, 3.63) is 46.8 Å².